The van der Waals surface area contributed by atoms with Crippen molar-refractivity contribution in [2.75, 3.05) is 7.11 Å². The lowest BCUT2D eigenvalue weighted by atomic mass is 10.1. The molecule has 1 heterocycles. The smallest absolute Gasteiger partial charge is 0.251 e. The van der Waals surface area contributed by atoms with Crippen molar-refractivity contribution in [3.05, 3.63) is 83.7 Å². The molecule has 0 bridgehead atoms. The van der Waals surface area contributed by atoms with E-state index in [0.29, 0.717) is 12.1 Å². The van der Waals surface area contributed by atoms with Crippen molar-refractivity contribution in [2.24, 2.45) is 0 Å². The lowest BCUT2D eigenvalue weighted by molar-refractivity contribution is 0.0950. The SMILES string of the molecule is COc1ccccc1CNC(=O)c1ccc(C)c(-n2cccc2)c1. The first kappa shape index (κ1) is 15.9. The molecule has 0 saturated heterocycles. The Morgan fingerprint density at radius 2 is 1.83 bits per heavy atom. The summed E-state index contributed by atoms with van der Waals surface area (Å²) in [5.41, 5.74) is 3.71. The minimum Gasteiger partial charge on any atom is -0.496 e. The first-order valence-corrected chi connectivity index (χ1v) is 7.83. The molecule has 0 aliphatic heterocycles. The number of benzene rings is 2. The minimum absolute atomic E-state index is 0.102. The van der Waals surface area contributed by atoms with E-state index in [9.17, 15) is 4.79 Å². The van der Waals surface area contributed by atoms with Crippen LogP contribution in [0.5, 0.6) is 5.75 Å². The highest BCUT2D eigenvalue weighted by Crippen LogP contribution is 2.18. The Hall–Kier alpha value is -3.01. The zero-order chi connectivity index (χ0) is 16.9. The Bertz CT molecular complexity index is 839. The lowest BCUT2D eigenvalue weighted by Crippen LogP contribution is -2.23. The molecule has 0 fully saturated rings. The number of nitrogens with one attached hydrogen (secondary N) is 1. The number of para-hydroxylation sites is 1. The largest absolute Gasteiger partial charge is 0.496 e. The average molecular weight is 320 g/mol. The van der Waals surface area contributed by atoms with Gasteiger partial charge in [0.05, 0.1) is 7.11 Å². The van der Waals surface area contributed by atoms with E-state index in [4.69, 9.17) is 4.74 Å². The van der Waals surface area contributed by atoms with Gasteiger partial charge in [-0.05, 0) is 42.8 Å². The van der Waals surface area contributed by atoms with E-state index in [1.54, 1.807) is 7.11 Å². The van der Waals surface area contributed by atoms with Gasteiger partial charge in [-0.3, -0.25) is 4.79 Å². The molecule has 2 aromatic carbocycles. The summed E-state index contributed by atoms with van der Waals surface area (Å²) < 4.78 is 7.32. The Kier molecular flexibility index (Phi) is 4.66. The molecule has 1 amide bonds. The van der Waals surface area contributed by atoms with Gasteiger partial charge in [0.2, 0.25) is 0 Å². The van der Waals surface area contributed by atoms with Crippen LogP contribution in [0.15, 0.2) is 67.0 Å². The molecule has 0 saturated carbocycles. The maximum absolute atomic E-state index is 12.5. The van der Waals surface area contributed by atoms with Gasteiger partial charge < -0.3 is 14.6 Å². The Balaban J connectivity index is 1.77. The summed E-state index contributed by atoms with van der Waals surface area (Å²) in [6, 6.07) is 17.3. The van der Waals surface area contributed by atoms with E-state index in [2.05, 4.69) is 5.32 Å². The van der Waals surface area contributed by atoms with Gasteiger partial charge in [-0.15, -0.1) is 0 Å². The van der Waals surface area contributed by atoms with Crippen LogP contribution >= 0.6 is 0 Å². The lowest BCUT2D eigenvalue weighted by Gasteiger charge is -2.12. The predicted molar refractivity (Wildman–Crippen MR) is 94.7 cm³/mol. The third-order valence-electron chi connectivity index (χ3n) is 3.99. The second-order valence-electron chi connectivity index (χ2n) is 5.59. The molecular weight excluding hydrogens is 300 g/mol. The first-order valence-electron chi connectivity index (χ1n) is 7.83. The fourth-order valence-corrected chi connectivity index (χ4v) is 2.65. The zero-order valence-corrected chi connectivity index (χ0v) is 13.8. The molecule has 1 N–H and O–H groups in total. The molecule has 0 atom stereocenters. The number of aryl methyl sites for hydroxylation is 1. The first-order chi connectivity index (χ1) is 11.7. The van der Waals surface area contributed by atoms with Crippen molar-refractivity contribution in [1.82, 2.24) is 9.88 Å². The van der Waals surface area contributed by atoms with Crippen molar-refractivity contribution in [3.63, 3.8) is 0 Å². The molecule has 4 nitrogen and oxygen atoms in total. The van der Waals surface area contributed by atoms with Gasteiger partial charge in [-0.25, -0.2) is 0 Å². The highest BCUT2D eigenvalue weighted by Gasteiger charge is 2.10. The molecule has 0 aliphatic rings. The number of ether oxygens (including phenoxy) is 1. The standard InChI is InChI=1S/C20H20N2O2/c1-15-9-10-16(13-18(15)22-11-5-6-12-22)20(23)21-14-17-7-3-4-8-19(17)24-2/h3-13H,14H2,1-2H3,(H,21,23). The van der Waals surface area contributed by atoms with Gasteiger partial charge >= 0.3 is 0 Å². The molecule has 0 aliphatic carbocycles. The number of carbonyl (C=O) groups excluding carboxylic acids is 1. The number of rotatable bonds is 5. The third kappa shape index (κ3) is 3.33. The normalized spacial score (nSPS) is 10.4. The molecule has 0 spiro atoms. The van der Waals surface area contributed by atoms with E-state index < -0.39 is 0 Å². The number of amides is 1. The molecule has 1 aromatic heterocycles. The second-order valence-corrected chi connectivity index (χ2v) is 5.59. The summed E-state index contributed by atoms with van der Waals surface area (Å²) in [6.45, 7) is 2.46. The molecule has 3 rings (SSSR count). The van der Waals surface area contributed by atoms with E-state index >= 15 is 0 Å². The number of nitrogens with zero attached hydrogens (tertiary/aromatic N) is 1. The second kappa shape index (κ2) is 7.04. The number of methoxy groups -OCH3 is 1. The molecule has 122 valence electrons. The maximum atomic E-state index is 12.5. The van der Waals surface area contributed by atoms with Crippen molar-refractivity contribution in [3.8, 4) is 11.4 Å². The van der Waals surface area contributed by atoms with Crippen LogP contribution in [-0.2, 0) is 6.54 Å². The fraction of sp³-hybridized carbons (Fsp3) is 0.150. The Labute approximate surface area is 141 Å². The van der Waals surface area contributed by atoms with Crippen LogP contribution in [0.1, 0.15) is 21.5 Å². The van der Waals surface area contributed by atoms with E-state index in [1.165, 1.54) is 0 Å². The van der Waals surface area contributed by atoms with Gasteiger partial charge in [0.1, 0.15) is 5.75 Å². The topological polar surface area (TPSA) is 43.3 Å². The summed E-state index contributed by atoms with van der Waals surface area (Å²) in [5, 5.41) is 2.95. The number of hydrogen-bond acceptors (Lipinski definition) is 2. The maximum Gasteiger partial charge on any atom is 0.251 e. The number of aromatic nitrogens is 1. The monoisotopic (exact) mass is 320 g/mol. The molecular formula is C20H20N2O2. The highest BCUT2D eigenvalue weighted by atomic mass is 16.5. The number of carbonyl (C=O) groups is 1. The van der Waals surface area contributed by atoms with Gasteiger partial charge in [0.15, 0.2) is 0 Å². The average Bonchev–Trinajstić information content (AvgIpc) is 3.14. The van der Waals surface area contributed by atoms with E-state index in [0.717, 1.165) is 22.6 Å². The quantitative estimate of drug-likeness (QED) is 0.778. The minimum atomic E-state index is -0.102. The molecule has 24 heavy (non-hydrogen) atoms. The van der Waals surface area contributed by atoms with E-state index in [1.807, 2.05) is 78.5 Å². The Morgan fingerprint density at radius 3 is 2.58 bits per heavy atom. The summed E-state index contributed by atoms with van der Waals surface area (Å²) in [5.74, 6) is 0.670. The van der Waals surface area contributed by atoms with Gasteiger partial charge in [-0.1, -0.05) is 24.3 Å². The van der Waals surface area contributed by atoms with Crippen LogP contribution in [-0.4, -0.2) is 17.6 Å². The Morgan fingerprint density at radius 1 is 1.08 bits per heavy atom. The molecule has 4 heteroatoms. The highest BCUT2D eigenvalue weighted by molar-refractivity contribution is 5.94. The summed E-state index contributed by atoms with van der Waals surface area (Å²) in [7, 11) is 1.63. The zero-order valence-electron chi connectivity index (χ0n) is 13.8. The molecule has 0 radical (unpaired) electrons. The van der Waals surface area contributed by atoms with Gasteiger partial charge in [0, 0.05) is 35.8 Å². The van der Waals surface area contributed by atoms with Crippen LogP contribution < -0.4 is 10.1 Å². The van der Waals surface area contributed by atoms with Crippen molar-refractivity contribution >= 4 is 5.91 Å². The van der Waals surface area contributed by atoms with Crippen LogP contribution in [0.25, 0.3) is 5.69 Å². The molecule has 0 unspecified atom stereocenters. The van der Waals surface area contributed by atoms with Crippen LogP contribution in [0.3, 0.4) is 0 Å². The third-order valence-corrected chi connectivity index (χ3v) is 3.99. The van der Waals surface area contributed by atoms with Crippen molar-refractivity contribution in [2.45, 2.75) is 13.5 Å². The van der Waals surface area contributed by atoms with Crippen molar-refractivity contribution in [1.29, 1.82) is 0 Å². The van der Waals surface area contributed by atoms with Gasteiger partial charge in [0.25, 0.3) is 5.91 Å². The summed E-state index contributed by atoms with van der Waals surface area (Å²) in [4.78, 5) is 12.5. The van der Waals surface area contributed by atoms with Crippen LogP contribution in [0.2, 0.25) is 0 Å². The molecule has 3 aromatic rings. The van der Waals surface area contributed by atoms with Crippen molar-refractivity contribution < 1.29 is 9.53 Å². The van der Waals surface area contributed by atoms with E-state index in [-0.39, 0.29) is 5.91 Å². The summed E-state index contributed by atoms with van der Waals surface area (Å²) >= 11 is 0. The van der Waals surface area contributed by atoms with Crippen LogP contribution in [0, 0.1) is 6.92 Å². The van der Waals surface area contributed by atoms with Gasteiger partial charge in [-0.2, -0.15) is 0 Å². The number of hydrogen-bond donors (Lipinski definition) is 1. The van der Waals surface area contributed by atoms with Crippen LogP contribution in [0.4, 0.5) is 0 Å². The predicted octanol–water partition coefficient (Wildman–Crippen LogP) is 3.72. The fourth-order valence-electron chi connectivity index (χ4n) is 2.65. The summed E-state index contributed by atoms with van der Waals surface area (Å²) in [6.07, 6.45) is 3.94.